The van der Waals surface area contributed by atoms with Crippen LogP contribution in [0.4, 0.5) is 5.69 Å². The van der Waals surface area contributed by atoms with Crippen molar-refractivity contribution in [2.24, 2.45) is 5.11 Å². The van der Waals surface area contributed by atoms with Crippen LogP contribution < -0.4 is 0 Å². The Morgan fingerprint density at radius 1 is 1.28 bits per heavy atom. The summed E-state index contributed by atoms with van der Waals surface area (Å²) in [6.45, 7) is 2.08. The molecule has 0 N–H and O–H groups in total. The predicted molar refractivity (Wildman–Crippen MR) is 68.7 cm³/mol. The zero-order chi connectivity index (χ0) is 13.0. The Bertz CT molecular complexity index is 646. The standard InChI is InChI=1S/C13H11N3O2/c1-2-18-13(17)11-7-8-12(15-16-14)10-6-4-3-5-9(10)11/h3-8H,2H2,1H3. The summed E-state index contributed by atoms with van der Waals surface area (Å²) in [5.74, 6) is -0.374. The minimum Gasteiger partial charge on any atom is -0.462 e. The number of carbonyl (C=O) groups excluding carboxylic acids is 1. The summed E-state index contributed by atoms with van der Waals surface area (Å²) >= 11 is 0. The SMILES string of the molecule is CCOC(=O)c1ccc(N=[N+]=[N-])c2ccccc12. The lowest BCUT2D eigenvalue weighted by atomic mass is 10.0. The second-order valence-electron chi connectivity index (χ2n) is 3.59. The summed E-state index contributed by atoms with van der Waals surface area (Å²) in [4.78, 5) is 14.6. The maximum atomic E-state index is 11.8. The molecule has 90 valence electrons. The number of carbonyl (C=O) groups is 1. The predicted octanol–water partition coefficient (Wildman–Crippen LogP) is 3.96. The number of hydrogen-bond acceptors (Lipinski definition) is 3. The first-order chi connectivity index (χ1) is 8.77. The van der Waals surface area contributed by atoms with Crippen LogP contribution in [0.5, 0.6) is 0 Å². The van der Waals surface area contributed by atoms with Gasteiger partial charge in [0.05, 0.1) is 12.2 Å². The fourth-order valence-electron chi connectivity index (χ4n) is 1.81. The van der Waals surface area contributed by atoms with Crippen LogP contribution in [0.25, 0.3) is 21.2 Å². The average Bonchev–Trinajstić information content (AvgIpc) is 2.39. The quantitative estimate of drug-likeness (QED) is 0.353. The summed E-state index contributed by atoms with van der Waals surface area (Å²) in [5, 5.41) is 5.07. The topological polar surface area (TPSA) is 75.1 Å². The fraction of sp³-hybridized carbons (Fsp3) is 0.154. The molecule has 0 spiro atoms. The van der Waals surface area contributed by atoms with E-state index in [9.17, 15) is 4.79 Å². The van der Waals surface area contributed by atoms with Crippen molar-refractivity contribution in [2.45, 2.75) is 6.92 Å². The molecule has 0 fully saturated rings. The van der Waals surface area contributed by atoms with Crippen LogP contribution in [-0.4, -0.2) is 12.6 Å². The highest BCUT2D eigenvalue weighted by Crippen LogP contribution is 2.29. The minimum absolute atomic E-state index is 0.325. The van der Waals surface area contributed by atoms with E-state index in [2.05, 4.69) is 10.0 Å². The molecule has 0 heterocycles. The zero-order valence-electron chi connectivity index (χ0n) is 9.83. The molecule has 18 heavy (non-hydrogen) atoms. The monoisotopic (exact) mass is 241 g/mol. The molecule has 5 heteroatoms. The highest BCUT2D eigenvalue weighted by molar-refractivity contribution is 6.07. The maximum Gasteiger partial charge on any atom is 0.338 e. The van der Waals surface area contributed by atoms with E-state index in [4.69, 9.17) is 10.3 Å². The summed E-state index contributed by atoms with van der Waals surface area (Å²) in [5.41, 5.74) is 9.49. The Kier molecular flexibility index (Phi) is 3.46. The first-order valence-corrected chi connectivity index (χ1v) is 5.52. The highest BCUT2D eigenvalue weighted by atomic mass is 16.5. The lowest BCUT2D eigenvalue weighted by Gasteiger charge is -2.07. The van der Waals surface area contributed by atoms with Crippen LogP contribution in [0.2, 0.25) is 0 Å². The van der Waals surface area contributed by atoms with Crippen molar-refractivity contribution in [3.8, 4) is 0 Å². The molecular weight excluding hydrogens is 230 g/mol. The number of ether oxygens (including phenoxy) is 1. The molecule has 0 atom stereocenters. The molecule has 0 bridgehead atoms. The summed E-state index contributed by atoms with van der Waals surface area (Å²) < 4.78 is 4.99. The Morgan fingerprint density at radius 2 is 2.00 bits per heavy atom. The molecule has 0 aliphatic heterocycles. The van der Waals surface area contributed by atoms with Gasteiger partial charge in [-0.2, -0.15) is 0 Å². The third kappa shape index (κ3) is 2.12. The van der Waals surface area contributed by atoms with E-state index in [1.54, 1.807) is 25.1 Å². The Labute approximate surface area is 104 Å². The first kappa shape index (κ1) is 12.0. The average molecular weight is 241 g/mol. The van der Waals surface area contributed by atoms with Gasteiger partial charge in [-0.1, -0.05) is 35.4 Å². The number of rotatable bonds is 3. The molecule has 0 aliphatic rings. The van der Waals surface area contributed by atoms with Gasteiger partial charge in [0.1, 0.15) is 0 Å². The van der Waals surface area contributed by atoms with Gasteiger partial charge >= 0.3 is 5.97 Å². The Morgan fingerprint density at radius 3 is 2.67 bits per heavy atom. The number of esters is 1. The second kappa shape index (κ2) is 5.21. The van der Waals surface area contributed by atoms with Crippen LogP contribution in [0.1, 0.15) is 17.3 Å². The summed E-state index contributed by atoms with van der Waals surface area (Å²) in [6, 6.07) is 10.5. The Balaban J connectivity index is 2.68. The van der Waals surface area contributed by atoms with Gasteiger partial charge in [0.2, 0.25) is 0 Å². The van der Waals surface area contributed by atoms with Gasteiger partial charge in [0.15, 0.2) is 0 Å². The number of azide groups is 1. The normalized spacial score (nSPS) is 9.83. The van der Waals surface area contributed by atoms with E-state index in [1.807, 2.05) is 18.2 Å². The van der Waals surface area contributed by atoms with E-state index in [0.717, 1.165) is 10.8 Å². The highest BCUT2D eigenvalue weighted by Gasteiger charge is 2.12. The van der Waals surface area contributed by atoms with Gasteiger partial charge < -0.3 is 4.74 Å². The van der Waals surface area contributed by atoms with Crippen molar-refractivity contribution in [3.05, 3.63) is 52.4 Å². The smallest absolute Gasteiger partial charge is 0.338 e. The van der Waals surface area contributed by atoms with Crippen molar-refractivity contribution >= 4 is 22.4 Å². The molecule has 0 aromatic heterocycles. The molecule has 2 rings (SSSR count). The van der Waals surface area contributed by atoms with E-state index < -0.39 is 0 Å². The zero-order valence-corrected chi connectivity index (χ0v) is 9.83. The number of nitrogens with zero attached hydrogens (tertiary/aromatic N) is 3. The van der Waals surface area contributed by atoms with Crippen LogP contribution in [-0.2, 0) is 4.74 Å². The third-order valence-corrected chi connectivity index (χ3v) is 2.55. The molecular formula is C13H11N3O2. The van der Waals surface area contributed by atoms with Crippen molar-refractivity contribution in [1.82, 2.24) is 0 Å². The van der Waals surface area contributed by atoms with E-state index in [-0.39, 0.29) is 5.97 Å². The summed E-state index contributed by atoms with van der Waals surface area (Å²) in [6.07, 6.45) is 0. The molecule has 2 aromatic rings. The van der Waals surface area contributed by atoms with Gasteiger partial charge in [-0.05, 0) is 29.3 Å². The van der Waals surface area contributed by atoms with Crippen LogP contribution in [0.3, 0.4) is 0 Å². The molecule has 0 aliphatic carbocycles. The number of fused-ring (bicyclic) bond motifs is 1. The summed E-state index contributed by atoms with van der Waals surface area (Å²) in [7, 11) is 0. The van der Waals surface area contributed by atoms with E-state index in [0.29, 0.717) is 17.9 Å². The molecule has 2 aromatic carbocycles. The lowest BCUT2D eigenvalue weighted by Crippen LogP contribution is -2.05. The fourth-order valence-corrected chi connectivity index (χ4v) is 1.81. The molecule has 0 amide bonds. The van der Waals surface area contributed by atoms with E-state index >= 15 is 0 Å². The largest absolute Gasteiger partial charge is 0.462 e. The van der Waals surface area contributed by atoms with E-state index in [1.165, 1.54) is 0 Å². The molecule has 5 nitrogen and oxygen atoms in total. The number of hydrogen-bond donors (Lipinski definition) is 0. The van der Waals surface area contributed by atoms with Crippen LogP contribution in [0.15, 0.2) is 41.5 Å². The van der Waals surface area contributed by atoms with Crippen molar-refractivity contribution in [3.63, 3.8) is 0 Å². The first-order valence-electron chi connectivity index (χ1n) is 5.52. The van der Waals surface area contributed by atoms with Gasteiger partial charge in [-0.3, -0.25) is 0 Å². The maximum absolute atomic E-state index is 11.8. The van der Waals surface area contributed by atoms with Gasteiger partial charge in [0.25, 0.3) is 0 Å². The molecule has 0 saturated heterocycles. The van der Waals surface area contributed by atoms with Gasteiger partial charge in [-0.25, -0.2) is 4.79 Å². The molecule has 0 unspecified atom stereocenters. The van der Waals surface area contributed by atoms with Crippen LogP contribution >= 0.6 is 0 Å². The number of benzene rings is 2. The molecule has 0 radical (unpaired) electrons. The van der Waals surface area contributed by atoms with Crippen molar-refractivity contribution < 1.29 is 9.53 Å². The minimum atomic E-state index is -0.374. The van der Waals surface area contributed by atoms with Crippen molar-refractivity contribution in [2.75, 3.05) is 6.61 Å². The second-order valence-corrected chi connectivity index (χ2v) is 3.59. The third-order valence-electron chi connectivity index (χ3n) is 2.55. The Hall–Kier alpha value is -2.52. The van der Waals surface area contributed by atoms with Crippen LogP contribution in [0, 0.1) is 0 Å². The van der Waals surface area contributed by atoms with Crippen molar-refractivity contribution in [1.29, 1.82) is 0 Å². The molecule has 0 saturated carbocycles. The lowest BCUT2D eigenvalue weighted by molar-refractivity contribution is 0.0529. The van der Waals surface area contributed by atoms with Gasteiger partial charge in [0, 0.05) is 10.6 Å². The van der Waals surface area contributed by atoms with Gasteiger partial charge in [-0.15, -0.1) is 0 Å².